The van der Waals surface area contributed by atoms with Crippen LogP contribution in [0.1, 0.15) is 12.0 Å². The van der Waals surface area contributed by atoms with Crippen LogP contribution in [0.3, 0.4) is 0 Å². The van der Waals surface area contributed by atoms with Gasteiger partial charge in [-0.3, -0.25) is 9.59 Å². The molecular formula is C15H16ClF3N2O3. The first-order valence-corrected chi connectivity index (χ1v) is 7.55. The van der Waals surface area contributed by atoms with E-state index in [9.17, 15) is 22.8 Å². The third kappa shape index (κ3) is 4.18. The molecule has 1 fully saturated rings. The Kier molecular flexibility index (Phi) is 5.71. The Morgan fingerprint density at radius 2 is 2.17 bits per heavy atom. The molecule has 1 aliphatic heterocycles. The van der Waals surface area contributed by atoms with Crippen molar-refractivity contribution in [3.8, 4) is 0 Å². The Labute approximate surface area is 141 Å². The molecule has 0 radical (unpaired) electrons. The number of benzene rings is 1. The molecule has 0 spiro atoms. The van der Waals surface area contributed by atoms with Crippen LogP contribution in [0.15, 0.2) is 18.2 Å². The Morgan fingerprint density at radius 1 is 1.46 bits per heavy atom. The fraction of sp³-hybridized carbons (Fsp3) is 0.467. The lowest BCUT2D eigenvalue weighted by Crippen LogP contribution is -2.35. The SMILES string of the molecule is COCCNC(=O)C1CC(=O)N(c2ccc(Cl)cc2C(F)(F)F)C1. The van der Waals surface area contributed by atoms with Gasteiger partial charge in [0.05, 0.1) is 23.8 Å². The van der Waals surface area contributed by atoms with Gasteiger partial charge in [-0.1, -0.05) is 11.6 Å². The minimum absolute atomic E-state index is 0.0772. The molecular weight excluding hydrogens is 349 g/mol. The van der Waals surface area contributed by atoms with Gasteiger partial charge in [-0.2, -0.15) is 13.2 Å². The smallest absolute Gasteiger partial charge is 0.383 e. The summed E-state index contributed by atoms with van der Waals surface area (Å²) in [5.74, 6) is -1.62. The van der Waals surface area contributed by atoms with Crippen molar-refractivity contribution >= 4 is 29.1 Å². The molecule has 24 heavy (non-hydrogen) atoms. The minimum Gasteiger partial charge on any atom is -0.383 e. The van der Waals surface area contributed by atoms with Crippen LogP contribution in [0.2, 0.25) is 5.02 Å². The van der Waals surface area contributed by atoms with Gasteiger partial charge >= 0.3 is 6.18 Å². The summed E-state index contributed by atoms with van der Waals surface area (Å²) in [6.45, 7) is 0.475. The number of hydrogen-bond acceptors (Lipinski definition) is 3. The number of rotatable bonds is 5. The van der Waals surface area contributed by atoms with Crippen LogP contribution in [0.5, 0.6) is 0 Å². The Balaban J connectivity index is 2.19. The van der Waals surface area contributed by atoms with E-state index >= 15 is 0 Å². The topological polar surface area (TPSA) is 58.6 Å². The summed E-state index contributed by atoms with van der Waals surface area (Å²) in [6.07, 6.45) is -4.79. The van der Waals surface area contributed by atoms with E-state index < -0.39 is 23.6 Å². The zero-order valence-electron chi connectivity index (χ0n) is 12.8. The van der Waals surface area contributed by atoms with E-state index in [2.05, 4.69) is 5.32 Å². The summed E-state index contributed by atoms with van der Waals surface area (Å²) in [5, 5.41) is 2.51. The van der Waals surface area contributed by atoms with Crippen molar-refractivity contribution in [2.45, 2.75) is 12.6 Å². The van der Waals surface area contributed by atoms with E-state index in [1.165, 1.54) is 13.2 Å². The predicted molar refractivity (Wildman–Crippen MR) is 81.8 cm³/mol. The molecule has 1 saturated heterocycles. The second kappa shape index (κ2) is 7.40. The first-order chi connectivity index (χ1) is 11.2. The number of alkyl halides is 3. The van der Waals surface area contributed by atoms with E-state index in [0.29, 0.717) is 6.61 Å². The normalized spacial score (nSPS) is 18.1. The Morgan fingerprint density at radius 3 is 2.79 bits per heavy atom. The highest BCUT2D eigenvalue weighted by atomic mass is 35.5. The quantitative estimate of drug-likeness (QED) is 0.817. The van der Waals surface area contributed by atoms with Gasteiger partial charge in [0.15, 0.2) is 0 Å². The van der Waals surface area contributed by atoms with E-state index in [1.54, 1.807) is 0 Å². The molecule has 0 bridgehead atoms. The van der Waals surface area contributed by atoms with Crippen molar-refractivity contribution < 1.29 is 27.5 Å². The van der Waals surface area contributed by atoms with Crippen LogP contribution in [0, 0.1) is 5.92 Å². The third-order valence-corrected chi connectivity index (χ3v) is 3.89. The predicted octanol–water partition coefficient (Wildman–Crippen LogP) is 2.47. The van der Waals surface area contributed by atoms with Crippen molar-refractivity contribution in [2.24, 2.45) is 5.92 Å². The highest BCUT2D eigenvalue weighted by Crippen LogP contribution is 2.40. The first kappa shape index (κ1) is 18.5. The molecule has 0 saturated carbocycles. The van der Waals surface area contributed by atoms with Crippen LogP contribution in [0.25, 0.3) is 0 Å². The molecule has 5 nitrogen and oxygen atoms in total. The van der Waals surface area contributed by atoms with Crippen LogP contribution in [0.4, 0.5) is 18.9 Å². The van der Waals surface area contributed by atoms with Crippen LogP contribution >= 0.6 is 11.6 Å². The lowest BCUT2D eigenvalue weighted by molar-refractivity contribution is -0.137. The fourth-order valence-corrected chi connectivity index (χ4v) is 2.68. The summed E-state index contributed by atoms with van der Waals surface area (Å²) in [4.78, 5) is 25.1. The van der Waals surface area contributed by atoms with Crippen molar-refractivity contribution in [1.82, 2.24) is 5.32 Å². The van der Waals surface area contributed by atoms with Crippen molar-refractivity contribution in [2.75, 3.05) is 31.7 Å². The van der Waals surface area contributed by atoms with E-state index in [-0.39, 0.29) is 36.1 Å². The second-order valence-electron chi connectivity index (χ2n) is 5.35. The molecule has 1 aromatic carbocycles. The molecule has 1 N–H and O–H groups in total. The van der Waals surface area contributed by atoms with E-state index in [0.717, 1.165) is 17.0 Å². The van der Waals surface area contributed by atoms with Crippen LogP contribution < -0.4 is 10.2 Å². The molecule has 2 rings (SSSR count). The standard InChI is InChI=1S/C15H16ClF3N2O3/c1-24-5-4-20-14(23)9-6-13(22)21(8-9)12-3-2-10(16)7-11(12)15(17,18)19/h2-3,7,9H,4-6,8H2,1H3,(H,20,23). The highest BCUT2D eigenvalue weighted by Gasteiger charge is 2.40. The summed E-state index contributed by atoms with van der Waals surface area (Å²) in [5.41, 5.74) is -1.28. The lowest BCUT2D eigenvalue weighted by Gasteiger charge is -2.22. The Bertz CT molecular complexity index is 637. The maximum atomic E-state index is 13.2. The maximum Gasteiger partial charge on any atom is 0.418 e. The molecule has 0 aliphatic carbocycles. The van der Waals surface area contributed by atoms with Gasteiger partial charge in [0.2, 0.25) is 11.8 Å². The van der Waals surface area contributed by atoms with Crippen LogP contribution in [-0.4, -0.2) is 38.6 Å². The van der Waals surface area contributed by atoms with E-state index in [4.69, 9.17) is 16.3 Å². The molecule has 1 unspecified atom stereocenters. The number of carbonyl (C=O) groups is 2. The van der Waals surface area contributed by atoms with Gasteiger partial charge < -0.3 is 15.0 Å². The number of nitrogens with zero attached hydrogens (tertiary/aromatic N) is 1. The van der Waals surface area contributed by atoms with Crippen molar-refractivity contribution in [3.05, 3.63) is 28.8 Å². The van der Waals surface area contributed by atoms with Gasteiger partial charge in [0.25, 0.3) is 0 Å². The van der Waals surface area contributed by atoms with Gasteiger partial charge in [0, 0.05) is 31.6 Å². The number of carbonyl (C=O) groups excluding carboxylic acids is 2. The average molecular weight is 365 g/mol. The molecule has 1 heterocycles. The minimum atomic E-state index is -4.65. The number of halogens is 4. The average Bonchev–Trinajstić information content (AvgIpc) is 2.88. The molecule has 9 heteroatoms. The fourth-order valence-electron chi connectivity index (χ4n) is 2.51. The zero-order chi connectivity index (χ0) is 17.9. The second-order valence-corrected chi connectivity index (χ2v) is 5.78. The summed E-state index contributed by atoms with van der Waals surface area (Å²) in [6, 6.07) is 3.20. The Hall–Kier alpha value is -1.80. The number of anilines is 1. The van der Waals surface area contributed by atoms with E-state index in [1.807, 2.05) is 0 Å². The number of hydrogen-bond donors (Lipinski definition) is 1. The number of methoxy groups -OCH3 is 1. The lowest BCUT2D eigenvalue weighted by atomic mass is 10.1. The zero-order valence-corrected chi connectivity index (χ0v) is 13.6. The van der Waals surface area contributed by atoms with Gasteiger partial charge in [0.1, 0.15) is 0 Å². The summed E-state index contributed by atoms with van der Waals surface area (Å²) < 4.78 is 44.3. The van der Waals surface area contributed by atoms with Gasteiger partial charge in [-0.05, 0) is 18.2 Å². The largest absolute Gasteiger partial charge is 0.418 e. The number of amides is 2. The van der Waals surface area contributed by atoms with Gasteiger partial charge in [-0.25, -0.2) is 0 Å². The number of ether oxygens (including phenoxy) is 1. The van der Waals surface area contributed by atoms with Crippen molar-refractivity contribution in [3.63, 3.8) is 0 Å². The van der Waals surface area contributed by atoms with Crippen molar-refractivity contribution in [1.29, 1.82) is 0 Å². The third-order valence-electron chi connectivity index (χ3n) is 3.66. The first-order valence-electron chi connectivity index (χ1n) is 7.17. The molecule has 2 amide bonds. The monoisotopic (exact) mass is 364 g/mol. The maximum absolute atomic E-state index is 13.2. The molecule has 132 valence electrons. The van der Waals surface area contributed by atoms with Crippen LogP contribution in [-0.2, 0) is 20.5 Å². The summed E-state index contributed by atoms with van der Waals surface area (Å²) >= 11 is 5.64. The van der Waals surface area contributed by atoms with Gasteiger partial charge in [-0.15, -0.1) is 0 Å². The molecule has 1 aromatic rings. The highest BCUT2D eigenvalue weighted by molar-refractivity contribution is 6.30. The number of nitrogens with one attached hydrogen (secondary N) is 1. The molecule has 1 aliphatic rings. The summed E-state index contributed by atoms with van der Waals surface area (Å²) in [7, 11) is 1.48. The molecule has 1 atom stereocenters. The molecule has 0 aromatic heterocycles.